The predicted octanol–water partition coefficient (Wildman–Crippen LogP) is 2.08. The Bertz CT molecular complexity index is 1360. The number of hydroxylamine groups is 1. The lowest BCUT2D eigenvalue weighted by atomic mass is 10.0. The van der Waals surface area contributed by atoms with Gasteiger partial charge in [0.25, 0.3) is 5.91 Å². The first-order chi connectivity index (χ1) is 17.3. The van der Waals surface area contributed by atoms with E-state index in [1.807, 2.05) is 42.7 Å². The minimum atomic E-state index is -3.56. The van der Waals surface area contributed by atoms with Gasteiger partial charge in [0.2, 0.25) is 15.9 Å². The molecular formula is C24H29N5O5S2. The van der Waals surface area contributed by atoms with Crippen LogP contribution < -0.4 is 10.8 Å². The Morgan fingerprint density at radius 1 is 1.14 bits per heavy atom. The number of hydrogen-bond acceptors (Lipinski definition) is 7. The third-order valence-corrected chi connectivity index (χ3v) is 8.95. The maximum absolute atomic E-state index is 13.0. The van der Waals surface area contributed by atoms with Crippen molar-refractivity contribution in [2.75, 3.05) is 25.1 Å². The molecule has 1 aromatic heterocycles. The summed E-state index contributed by atoms with van der Waals surface area (Å²) in [5.41, 5.74) is 4.91. The summed E-state index contributed by atoms with van der Waals surface area (Å²) in [7, 11) is -3.56. The van der Waals surface area contributed by atoms with Gasteiger partial charge in [-0.1, -0.05) is 43.0 Å². The third kappa shape index (κ3) is 5.41. The number of carbonyl (C=O) groups is 2. The van der Waals surface area contributed by atoms with Crippen LogP contribution in [0.15, 0.2) is 53.7 Å². The number of sulfonamides is 1. The standard InChI is InChI=1S/C24H29N5O5S2/c1-3-12-36(33,34)28-14-18(23(31)27-32)20(15-28)25-22(30)17-10-8-16(9-11-17)13-29-21-7-5-4-6-19(21)26-24(29)35-2/h4-11,18,20,32H,3,12-15H2,1-2H3,(H,25,30)(H,27,31)/t18-,20+/m0/s1. The molecule has 0 saturated carbocycles. The van der Waals surface area contributed by atoms with Gasteiger partial charge in [-0.15, -0.1) is 0 Å². The van der Waals surface area contributed by atoms with Crippen molar-refractivity contribution in [2.24, 2.45) is 5.92 Å². The topological polar surface area (TPSA) is 134 Å². The summed E-state index contributed by atoms with van der Waals surface area (Å²) in [4.78, 5) is 29.8. The largest absolute Gasteiger partial charge is 0.347 e. The van der Waals surface area contributed by atoms with Crippen LogP contribution in [0.3, 0.4) is 0 Å². The molecule has 0 aliphatic carbocycles. The van der Waals surface area contributed by atoms with Crippen molar-refractivity contribution in [3.63, 3.8) is 0 Å². The van der Waals surface area contributed by atoms with Gasteiger partial charge < -0.3 is 9.88 Å². The van der Waals surface area contributed by atoms with Gasteiger partial charge in [-0.05, 0) is 42.5 Å². The molecule has 0 spiro atoms. The summed E-state index contributed by atoms with van der Waals surface area (Å²) in [5.74, 6) is -2.10. The highest BCUT2D eigenvalue weighted by Gasteiger charge is 2.42. The smallest absolute Gasteiger partial charge is 0.251 e. The van der Waals surface area contributed by atoms with Gasteiger partial charge in [-0.3, -0.25) is 14.8 Å². The Morgan fingerprint density at radius 3 is 2.53 bits per heavy atom. The van der Waals surface area contributed by atoms with Gasteiger partial charge in [0.05, 0.1) is 35.3 Å². The Balaban J connectivity index is 1.48. The van der Waals surface area contributed by atoms with E-state index in [0.29, 0.717) is 18.5 Å². The maximum atomic E-state index is 13.0. The van der Waals surface area contributed by atoms with E-state index in [9.17, 15) is 18.0 Å². The van der Waals surface area contributed by atoms with E-state index >= 15 is 0 Å². The first kappa shape index (κ1) is 26.1. The van der Waals surface area contributed by atoms with Crippen molar-refractivity contribution in [1.29, 1.82) is 0 Å². The van der Waals surface area contributed by atoms with Crippen LogP contribution in [-0.4, -0.2) is 70.4 Å². The molecule has 2 aromatic carbocycles. The number of aromatic nitrogens is 2. The van der Waals surface area contributed by atoms with E-state index in [0.717, 1.165) is 21.8 Å². The van der Waals surface area contributed by atoms with Gasteiger partial charge in [-0.25, -0.2) is 18.9 Å². The van der Waals surface area contributed by atoms with Crippen molar-refractivity contribution >= 4 is 44.6 Å². The number of benzene rings is 2. The van der Waals surface area contributed by atoms with Crippen LogP contribution in [0, 0.1) is 5.92 Å². The van der Waals surface area contributed by atoms with Crippen LogP contribution in [-0.2, 0) is 21.4 Å². The molecule has 4 rings (SSSR count). The van der Waals surface area contributed by atoms with Crippen LogP contribution in [0.4, 0.5) is 0 Å². The van der Waals surface area contributed by atoms with Gasteiger partial charge in [0, 0.05) is 18.7 Å². The number of para-hydroxylation sites is 2. The molecule has 192 valence electrons. The summed E-state index contributed by atoms with van der Waals surface area (Å²) < 4.78 is 28.3. The van der Waals surface area contributed by atoms with Crippen molar-refractivity contribution in [1.82, 2.24) is 24.7 Å². The highest BCUT2D eigenvalue weighted by Crippen LogP contribution is 2.24. The second-order valence-electron chi connectivity index (χ2n) is 8.67. The Labute approximate surface area is 214 Å². The van der Waals surface area contributed by atoms with Crippen molar-refractivity contribution in [3.05, 3.63) is 59.7 Å². The Hall–Kier alpha value is -2.93. The highest BCUT2D eigenvalue weighted by molar-refractivity contribution is 7.98. The molecule has 36 heavy (non-hydrogen) atoms. The molecule has 12 heteroatoms. The second-order valence-corrected chi connectivity index (χ2v) is 11.5. The fourth-order valence-corrected chi connectivity index (χ4v) is 6.56. The summed E-state index contributed by atoms with van der Waals surface area (Å²) >= 11 is 1.57. The van der Waals surface area contributed by atoms with Gasteiger partial charge in [-0.2, -0.15) is 4.31 Å². The lowest BCUT2D eigenvalue weighted by Gasteiger charge is -2.18. The summed E-state index contributed by atoms with van der Waals surface area (Å²) in [5, 5.41) is 12.8. The van der Waals surface area contributed by atoms with Crippen LogP contribution in [0.25, 0.3) is 11.0 Å². The zero-order valence-corrected chi connectivity index (χ0v) is 21.7. The molecule has 1 saturated heterocycles. The average molecular weight is 532 g/mol. The summed E-state index contributed by atoms with van der Waals surface area (Å²) in [6.07, 6.45) is 2.42. The number of fused-ring (bicyclic) bond motifs is 1. The molecule has 2 heterocycles. The van der Waals surface area contributed by atoms with E-state index in [1.165, 1.54) is 4.31 Å². The molecule has 2 amide bonds. The predicted molar refractivity (Wildman–Crippen MR) is 137 cm³/mol. The van der Waals surface area contributed by atoms with Gasteiger partial charge in [0.1, 0.15) is 0 Å². The maximum Gasteiger partial charge on any atom is 0.251 e. The molecule has 0 unspecified atom stereocenters. The molecule has 3 aromatic rings. The monoisotopic (exact) mass is 531 g/mol. The van der Waals surface area contributed by atoms with E-state index in [1.54, 1.807) is 36.3 Å². The lowest BCUT2D eigenvalue weighted by Crippen LogP contribution is -2.45. The molecular weight excluding hydrogens is 502 g/mol. The van der Waals surface area contributed by atoms with E-state index in [2.05, 4.69) is 14.9 Å². The molecule has 2 atom stereocenters. The van der Waals surface area contributed by atoms with Crippen LogP contribution in [0.5, 0.6) is 0 Å². The number of carbonyl (C=O) groups excluding carboxylic acids is 2. The molecule has 10 nitrogen and oxygen atoms in total. The summed E-state index contributed by atoms with van der Waals surface area (Å²) in [6, 6.07) is 14.3. The van der Waals surface area contributed by atoms with E-state index in [-0.39, 0.29) is 18.8 Å². The summed E-state index contributed by atoms with van der Waals surface area (Å²) in [6.45, 7) is 2.21. The number of thioether (sulfide) groups is 1. The van der Waals surface area contributed by atoms with Gasteiger partial charge in [0.15, 0.2) is 5.16 Å². The Morgan fingerprint density at radius 2 is 1.86 bits per heavy atom. The zero-order chi connectivity index (χ0) is 25.9. The van der Waals surface area contributed by atoms with Crippen molar-refractivity contribution < 1.29 is 23.2 Å². The first-order valence-corrected chi connectivity index (χ1v) is 14.4. The zero-order valence-electron chi connectivity index (χ0n) is 20.0. The number of hydrogen-bond donors (Lipinski definition) is 3. The molecule has 0 bridgehead atoms. The molecule has 3 N–H and O–H groups in total. The first-order valence-electron chi connectivity index (χ1n) is 11.6. The number of imidazole rings is 1. The Kier molecular flexibility index (Phi) is 7.98. The van der Waals surface area contributed by atoms with E-state index < -0.39 is 33.8 Å². The average Bonchev–Trinajstić information content (AvgIpc) is 3.46. The quantitative estimate of drug-likeness (QED) is 0.219. The minimum Gasteiger partial charge on any atom is -0.347 e. The fraction of sp³-hybridized carbons (Fsp3) is 0.375. The normalized spacial score (nSPS) is 18.4. The molecule has 1 aliphatic rings. The molecule has 0 radical (unpaired) electrons. The molecule has 1 fully saturated rings. The highest BCUT2D eigenvalue weighted by atomic mass is 32.2. The van der Waals surface area contributed by atoms with Crippen LogP contribution in [0.1, 0.15) is 29.3 Å². The fourth-order valence-electron chi connectivity index (χ4n) is 4.43. The second kappa shape index (κ2) is 11.0. The van der Waals surface area contributed by atoms with Crippen molar-refractivity contribution in [2.45, 2.75) is 31.1 Å². The lowest BCUT2D eigenvalue weighted by molar-refractivity contribution is -0.133. The van der Waals surface area contributed by atoms with E-state index in [4.69, 9.17) is 5.21 Å². The van der Waals surface area contributed by atoms with Crippen LogP contribution in [0.2, 0.25) is 0 Å². The molecule has 1 aliphatic heterocycles. The van der Waals surface area contributed by atoms with Crippen molar-refractivity contribution in [3.8, 4) is 0 Å². The number of nitrogens with one attached hydrogen (secondary N) is 2. The van der Waals surface area contributed by atoms with Gasteiger partial charge >= 0.3 is 0 Å². The van der Waals surface area contributed by atoms with Crippen LogP contribution >= 0.6 is 11.8 Å². The SMILES string of the molecule is CCCS(=O)(=O)N1C[C@H](C(=O)NO)[C@H](NC(=O)c2ccc(Cn3c(SC)nc4ccccc43)cc2)C1. The number of amides is 2. The number of rotatable bonds is 9. The third-order valence-electron chi connectivity index (χ3n) is 6.26. The minimum absolute atomic E-state index is 0.0323. The number of nitrogens with zero attached hydrogens (tertiary/aromatic N) is 3.